The molecule has 0 amide bonds. The Balaban J connectivity index is 1.81. The highest BCUT2D eigenvalue weighted by molar-refractivity contribution is 5.15. The lowest BCUT2D eigenvalue weighted by Crippen LogP contribution is -2.41. The molecule has 1 saturated heterocycles. The summed E-state index contributed by atoms with van der Waals surface area (Å²) in [5.74, 6) is -0.159. The van der Waals surface area contributed by atoms with Crippen molar-refractivity contribution in [2.24, 2.45) is 0 Å². The van der Waals surface area contributed by atoms with E-state index in [1.807, 2.05) is 6.07 Å². The third-order valence-electron chi connectivity index (χ3n) is 2.75. The molecule has 82 valence electrons. The summed E-state index contributed by atoms with van der Waals surface area (Å²) in [6, 6.07) is 6.75. The maximum atomic E-state index is 12.9. The lowest BCUT2D eigenvalue weighted by molar-refractivity contribution is 0.151. The van der Waals surface area contributed by atoms with Crippen molar-refractivity contribution in [1.29, 1.82) is 0 Å². The van der Waals surface area contributed by atoms with Gasteiger partial charge in [0.25, 0.3) is 0 Å². The third kappa shape index (κ3) is 3.29. The lowest BCUT2D eigenvalue weighted by atomic mass is 10.2. The number of halogens is 1. The van der Waals surface area contributed by atoms with Crippen LogP contribution in [0.5, 0.6) is 0 Å². The Kier molecular flexibility index (Phi) is 3.69. The van der Waals surface area contributed by atoms with Crippen molar-refractivity contribution in [3.8, 4) is 0 Å². The van der Waals surface area contributed by atoms with Crippen LogP contribution in [0.4, 0.5) is 4.39 Å². The first-order valence-electron chi connectivity index (χ1n) is 5.57. The zero-order chi connectivity index (χ0) is 10.5. The maximum Gasteiger partial charge on any atom is 0.123 e. The van der Waals surface area contributed by atoms with Crippen LogP contribution < -0.4 is 5.43 Å². The van der Waals surface area contributed by atoms with Crippen LogP contribution in [0.25, 0.3) is 0 Å². The quantitative estimate of drug-likeness (QED) is 0.820. The molecule has 1 N–H and O–H groups in total. The first-order valence-corrected chi connectivity index (χ1v) is 5.57. The van der Waals surface area contributed by atoms with Gasteiger partial charge in [0, 0.05) is 19.6 Å². The van der Waals surface area contributed by atoms with Gasteiger partial charge in [0.05, 0.1) is 0 Å². The molecule has 1 aliphatic heterocycles. The van der Waals surface area contributed by atoms with E-state index < -0.39 is 0 Å². The van der Waals surface area contributed by atoms with Crippen LogP contribution in [0.2, 0.25) is 0 Å². The van der Waals surface area contributed by atoms with E-state index >= 15 is 0 Å². The van der Waals surface area contributed by atoms with Crippen molar-refractivity contribution in [1.82, 2.24) is 10.4 Å². The number of hydrogen-bond acceptors (Lipinski definition) is 2. The molecule has 1 aromatic rings. The largest absolute Gasteiger partial charge is 0.251 e. The predicted molar refractivity (Wildman–Crippen MR) is 58.7 cm³/mol. The van der Waals surface area contributed by atoms with Gasteiger partial charge in [-0.2, -0.15) is 0 Å². The van der Waals surface area contributed by atoms with Gasteiger partial charge in [-0.25, -0.2) is 9.40 Å². The average molecular weight is 208 g/mol. The second-order valence-corrected chi connectivity index (χ2v) is 4.01. The van der Waals surface area contributed by atoms with E-state index in [4.69, 9.17) is 0 Å². The second kappa shape index (κ2) is 5.24. The van der Waals surface area contributed by atoms with Crippen molar-refractivity contribution in [3.05, 3.63) is 35.6 Å². The van der Waals surface area contributed by atoms with Gasteiger partial charge < -0.3 is 0 Å². The fourth-order valence-electron chi connectivity index (χ4n) is 1.90. The Hall–Kier alpha value is -0.930. The molecule has 0 unspecified atom stereocenters. The Bertz CT molecular complexity index is 308. The van der Waals surface area contributed by atoms with Crippen LogP contribution in [0.15, 0.2) is 24.3 Å². The van der Waals surface area contributed by atoms with E-state index in [1.165, 1.54) is 25.3 Å². The summed E-state index contributed by atoms with van der Waals surface area (Å²) in [5, 5.41) is 2.23. The van der Waals surface area contributed by atoms with E-state index in [2.05, 4.69) is 10.4 Å². The molecular formula is C12H17FN2. The van der Waals surface area contributed by atoms with Crippen molar-refractivity contribution < 1.29 is 4.39 Å². The minimum absolute atomic E-state index is 0.159. The summed E-state index contributed by atoms with van der Waals surface area (Å²) >= 11 is 0. The van der Waals surface area contributed by atoms with Crippen molar-refractivity contribution in [3.63, 3.8) is 0 Å². The standard InChI is InChI=1S/C12H17FN2/c13-12-6-4-5-11(9-12)10-14-15-7-2-1-3-8-15/h4-6,9,14H,1-3,7-8,10H2. The summed E-state index contributed by atoms with van der Waals surface area (Å²) in [6.07, 6.45) is 3.85. The van der Waals surface area contributed by atoms with Crippen molar-refractivity contribution >= 4 is 0 Å². The normalized spacial score (nSPS) is 17.9. The molecule has 0 bridgehead atoms. The predicted octanol–water partition coefficient (Wildman–Crippen LogP) is 2.32. The molecule has 15 heavy (non-hydrogen) atoms. The maximum absolute atomic E-state index is 12.9. The summed E-state index contributed by atoms with van der Waals surface area (Å²) in [7, 11) is 0. The summed E-state index contributed by atoms with van der Waals surface area (Å²) in [6.45, 7) is 2.93. The zero-order valence-corrected chi connectivity index (χ0v) is 8.88. The van der Waals surface area contributed by atoms with Gasteiger partial charge in [-0.05, 0) is 30.5 Å². The first kappa shape index (κ1) is 10.6. The number of nitrogens with one attached hydrogen (secondary N) is 1. The van der Waals surface area contributed by atoms with E-state index in [0.29, 0.717) is 0 Å². The molecule has 2 nitrogen and oxygen atoms in total. The number of hydrazine groups is 1. The molecular weight excluding hydrogens is 191 g/mol. The topological polar surface area (TPSA) is 15.3 Å². The van der Waals surface area contributed by atoms with Crippen LogP contribution in [0, 0.1) is 5.82 Å². The molecule has 0 radical (unpaired) electrons. The fraction of sp³-hybridized carbons (Fsp3) is 0.500. The molecule has 0 aliphatic carbocycles. The van der Waals surface area contributed by atoms with Gasteiger partial charge in [-0.3, -0.25) is 5.43 Å². The van der Waals surface area contributed by atoms with E-state index in [-0.39, 0.29) is 5.82 Å². The molecule has 0 aromatic heterocycles. The SMILES string of the molecule is Fc1cccc(CNN2CCCCC2)c1. The molecule has 0 atom stereocenters. The van der Waals surface area contributed by atoms with Gasteiger partial charge in [0.2, 0.25) is 0 Å². The minimum Gasteiger partial charge on any atom is -0.251 e. The van der Waals surface area contributed by atoms with E-state index in [1.54, 1.807) is 12.1 Å². The van der Waals surface area contributed by atoms with Gasteiger partial charge in [0.15, 0.2) is 0 Å². The van der Waals surface area contributed by atoms with Crippen LogP contribution in [0.1, 0.15) is 24.8 Å². The number of rotatable bonds is 3. The molecule has 1 fully saturated rings. The third-order valence-corrected chi connectivity index (χ3v) is 2.75. The molecule has 1 aromatic carbocycles. The highest BCUT2D eigenvalue weighted by Crippen LogP contribution is 2.07. The first-order chi connectivity index (χ1) is 7.34. The second-order valence-electron chi connectivity index (χ2n) is 4.01. The van der Waals surface area contributed by atoms with Gasteiger partial charge in [0.1, 0.15) is 5.82 Å². The van der Waals surface area contributed by atoms with Gasteiger partial charge >= 0.3 is 0 Å². The van der Waals surface area contributed by atoms with Crippen LogP contribution in [0.3, 0.4) is 0 Å². The van der Waals surface area contributed by atoms with Crippen LogP contribution in [-0.2, 0) is 6.54 Å². The molecule has 0 spiro atoms. The number of hydrogen-bond donors (Lipinski definition) is 1. The Morgan fingerprint density at radius 3 is 2.73 bits per heavy atom. The number of benzene rings is 1. The Morgan fingerprint density at radius 2 is 2.00 bits per heavy atom. The van der Waals surface area contributed by atoms with Crippen molar-refractivity contribution in [2.75, 3.05) is 13.1 Å². The summed E-state index contributed by atoms with van der Waals surface area (Å²) in [5.41, 5.74) is 4.33. The molecule has 1 heterocycles. The lowest BCUT2D eigenvalue weighted by Gasteiger charge is -2.27. The fourth-order valence-corrected chi connectivity index (χ4v) is 1.90. The van der Waals surface area contributed by atoms with Gasteiger partial charge in [-0.1, -0.05) is 18.6 Å². The molecule has 0 saturated carbocycles. The molecule has 2 rings (SSSR count). The number of piperidine rings is 1. The summed E-state index contributed by atoms with van der Waals surface area (Å²) < 4.78 is 12.9. The highest BCUT2D eigenvalue weighted by atomic mass is 19.1. The van der Waals surface area contributed by atoms with Crippen LogP contribution in [-0.4, -0.2) is 18.1 Å². The van der Waals surface area contributed by atoms with E-state index in [9.17, 15) is 4.39 Å². The molecule has 1 aliphatic rings. The van der Waals surface area contributed by atoms with E-state index in [0.717, 1.165) is 25.2 Å². The number of nitrogens with zero attached hydrogens (tertiary/aromatic N) is 1. The average Bonchev–Trinajstić information content (AvgIpc) is 2.28. The highest BCUT2D eigenvalue weighted by Gasteiger charge is 2.08. The molecule has 3 heteroatoms. The Labute approximate surface area is 90.1 Å². The smallest absolute Gasteiger partial charge is 0.123 e. The minimum atomic E-state index is -0.159. The zero-order valence-electron chi connectivity index (χ0n) is 8.88. The van der Waals surface area contributed by atoms with Crippen molar-refractivity contribution in [2.45, 2.75) is 25.8 Å². The van der Waals surface area contributed by atoms with Crippen LogP contribution >= 0.6 is 0 Å². The Morgan fingerprint density at radius 1 is 1.20 bits per heavy atom. The summed E-state index contributed by atoms with van der Waals surface area (Å²) in [4.78, 5) is 0. The monoisotopic (exact) mass is 208 g/mol. The van der Waals surface area contributed by atoms with Gasteiger partial charge in [-0.15, -0.1) is 0 Å².